The van der Waals surface area contributed by atoms with E-state index in [2.05, 4.69) is 4.90 Å². The first kappa shape index (κ1) is 24.0. The lowest BCUT2D eigenvalue weighted by atomic mass is 10.0. The van der Waals surface area contributed by atoms with Gasteiger partial charge in [-0.05, 0) is 30.2 Å². The molecule has 1 saturated carbocycles. The Labute approximate surface area is 219 Å². The molecular formula is C27H27FN4O5S. The Morgan fingerprint density at radius 3 is 2.63 bits per heavy atom. The Morgan fingerprint density at radius 1 is 1.05 bits per heavy atom. The van der Waals surface area contributed by atoms with Crippen LogP contribution >= 0.6 is 0 Å². The summed E-state index contributed by atoms with van der Waals surface area (Å²) in [7, 11) is -4.01. The van der Waals surface area contributed by atoms with Crippen LogP contribution < -0.4 is 0 Å². The molecule has 2 aromatic carbocycles. The van der Waals surface area contributed by atoms with E-state index in [0.717, 1.165) is 50.9 Å². The van der Waals surface area contributed by atoms with E-state index >= 15 is 0 Å². The first-order chi connectivity index (χ1) is 18.4. The van der Waals surface area contributed by atoms with Crippen LogP contribution in [-0.2, 0) is 31.6 Å². The van der Waals surface area contributed by atoms with Gasteiger partial charge in [0.05, 0.1) is 49.1 Å². The van der Waals surface area contributed by atoms with Gasteiger partial charge in [-0.15, -0.1) is 0 Å². The number of ether oxygens (including phenoxy) is 2. The Balaban J connectivity index is 1.33. The summed E-state index contributed by atoms with van der Waals surface area (Å²) >= 11 is 0. The van der Waals surface area contributed by atoms with Gasteiger partial charge in [-0.2, -0.15) is 5.10 Å². The molecule has 0 bridgehead atoms. The van der Waals surface area contributed by atoms with Crippen LogP contribution in [0.3, 0.4) is 0 Å². The maximum absolute atomic E-state index is 14.9. The number of sulfone groups is 1. The van der Waals surface area contributed by atoms with Crippen LogP contribution in [0.15, 0.2) is 47.4 Å². The second-order valence-corrected chi connectivity index (χ2v) is 12.2. The lowest BCUT2D eigenvalue weighted by molar-refractivity contribution is 0.0258. The first-order valence-electron chi connectivity index (χ1n) is 12.9. The van der Waals surface area contributed by atoms with Gasteiger partial charge in [0.15, 0.2) is 15.5 Å². The largest absolute Gasteiger partial charge is 0.379 e. The highest BCUT2D eigenvalue weighted by Gasteiger charge is 2.49. The van der Waals surface area contributed by atoms with Crippen molar-refractivity contribution in [1.29, 1.82) is 0 Å². The van der Waals surface area contributed by atoms with Crippen molar-refractivity contribution < 1.29 is 27.1 Å². The quantitative estimate of drug-likeness (QED) is 0.504. The zero-order valence-corrected chi connectivity index (χ0v) is 21.5. The molecule has 1 amide bonds. The average Bonchev–Trinajstić information content (AvgIpc) is 3.62. The maximum Gasteiger partial charge on any atom is 0.275 e. The monoisotopic (exact) mass is 538 g/mol. The summed E-state index contributed by atoms with van der Waals surface area (Å²) in [6, 6.07) is 12.0. The molecule has 0 radical (unpaired) electrons. The fraction of sp³-hybridized carbons (Fsp3) is 0.407. The molecule has 3 fully saturated rings. The van der Waals surface area contributed by atoms with Crippen LogP contribution in [0, 0.1) is 5.82 Å². The lowest BCUT2D eigenvalue weighted by Crippen LogP contribution is -2.41. The van der Waals surface area contributed by atoms with Crippen LogP contribution in [0.4, 0.5) is 4.39 Å². The minimum Gasteiger partial charge on any atom is -0.379 e. The Kier molecular flexibility index (Phi) is 5.66. The van der Waals surface area contributed by atoms with Crippen LogP contribution in [0.25, 0.3) is 16.9 Å². The zero-order valence-electron chi connectivity index (χ0n) is 20.7. The van der Waals surface area contributed by atoms with Crippen molar-refractivity contribution in [3.8, 4) is 16.9 Å². The van der Waals surface area contributed by atoms with Crippen LogP contribution in [0.1, 0.15) is 28.0 Å². The summed E-state index contributed by atoms with van der Waals surface area (Å²) in [6.45, 7) is 4.84. The summed E-state index contributed by atoms with van der Waals surface area (Å²) in [5, 5.41) is 4.70. The number of hydrogen-bond acceptors (Lipinski definition) is 7. The minimum absolute atomic E-state index is 0.0125. The summed E-state index contributed by atoms with van der Waals surface area (Å²) in [5.41, 5.74) is 2.88. The van der Waals surface area contributed by atoms with Crippen molar-refractivity contribution >= 4 is 15.7 Å². The molecule has 1 aromatic heterocycles. The molecule has 3 aromatic rings. The molecule has 3 aliphatic heterocycles. The van der Waals surface area contributed by atoms with Gasteiger partial charge in [0.1, 0.15) is 10.7 Å². The molecule has 0 N–H and O–H groups in total. The molecule has 1 aliphatic carbocycles. The molecule has 4 aliphatic rings. The maximum atomic E-state index is 14.9. The van der Waals surface area contributed by atoms with Gasteiger partial charge in [-0.25, -0.2) is 17.5 Å². The highest BCUT2D eigenvalue weighted by molar-refractivity contribution is 7.91. The predicted octanol–water partition coefficient (Wildman–Crippen LogP) is 2.41. The normalized spacial score (nSPS) is 23.9. The van der Waals surface area contributed by atoms with Crippen molar-refractivity contribution in [2.75, 3.05) is 39.5 Å². The number of carbonyl (C=O) groups excluding carboxylic acids is 1. The van der Waals surface area contributed by atoms with Crippen molar-refractivity contribution in [3.05, 3.63) is 65.1 Å². The Bertz CT molecular complexity index is 1530. The number of rotatable bonds is 4. The fourth-order valence-corrected chi connectivity index (χ4v) is 7.44. The van der Waals surface area contributed by atoms with Crippen molar-refractivity contribution in [2.45, 2.75) is 35.8 Å². The SMILES string of the molecule is O=C(c1nn(-c2ccc(CN3CCOCC3)cc2)c2c1CS(=O)(=O)c1c(F)cccc1-2)N1CCOC2CC21. The number of benzene rings is 2. The van der Waals surface area contributed by atoms with E-state index in [9.17, 15) is 17.6 Å². The van der Waals surface area contributed by atoms with Gasteiger partial charge in [0.25, 0.3) is 5.91 Å². The second-order valence-electron chi connectivity index (χ2n) is 10.2. The van der Waals surface area contributed by atoms with Crippen LogP contribution in [-0.4, -0.2) is 85.5 Å². The summed E-state index contributed by atoms with van der Waals surface area (Å²) in [4.78, 5) is 17.4. The molecule has 9 nitrogen and oxygen atoms in total. The Morgan fingerprint density at radius 2 is 1.84 bits per heavy atom. The van der Waals surface area contributed by atoms with Crippen LogP contribution in [0.5, 0.6) is 0 Å². The van der Waals surface area contributed by atoms with Gasteiger partial charge >= 0.3 is 0 Å². The number of nitrogens with zero attached hydrogens (tertiary/aromatic N) is 4. The van der Waals surface area contributed by atoms with E-state index in [1.807, 2.05) is 24.3 Å². The van der Waals surface area contributed by atoms with Gasteiger partial charge in [-0.3, -0.25) is 9.69 Å². The topological polar surface area (TPSA) is 94.0 Å². The van der Waals surface area contributed by atoms with E-state index < -0.39 is 21.4 Å². The molecule has 38 heavy (non-hydrogen) atoms. The highest BCUT2D eigenvalue weighted by Crippen LogP contribution is 2.43. The third-order valence-electron chi connectivity index (χ3n) is 7.77. The van der Waals surface area contributed by atoms with Gasteiger partial charge in [-0.1, -0.05) is 24.3 Å². The van der Waals surface area contributed by atoms with E-state index in [1.54, 1.807) is 15.6 Å². The minimum atomic E-state index is -4.01. The molecule has 4 heterocycles. The van der Waals surface area contributed by atoms with Crippen molar-refractivity contribution in [2.24, 2.45) is 0 Å². The zero-order chi connectivity index (χ0) is 26.0. The second kappa shape index (κ2) is 8.98. The van der Waals surface area contributed by atoms with E-state index in [1.165, 1.54) is 6.07 Å². The number of aromatic nitrogens is 2. The summed E-state index contributed by atoms with van der Waals surface area (Å²) < 4.78 is 54.0. The van der Waals surface area contributed by atoms with Gasteiger partial charge in [0, 0.05) is 37.3 Å². The standard InChI is InChI=1S/C27H27FN4O5S/c28-21-3-1-2-19-25-20(16-38(34,35)26(19)21)24(27(33)31-10-13-37-23-14-22(23)31)29-32(25)18-6-4-17(5-7-18)15-30-8-11-36-12-9-30/h1-7,22-23H,8-16H2. The van der Waals surface area contributed by atoms with E-state index in [0.29, 0.717) is 30.1 Å². The number of carbonyl (C=O) groups is 1. The number of amides is 1. The molecular weight excluding hydrogens is 511 g/mol. The average molecular weight is 539 g/mol. The molecule has 2 saturated heterocycles. The lowest BCUT2D eigenvalue weighted by Gasteiger charge is -2.26. The third kappa shape index (κ3) is 3.96. The number of fused-ring (bicyclic) bond motifs is 4. The highest BCUT2D eigenvalue weighted by atomic mass is 32.2. The fourth-order valence-electron chi connectivity index (χ4n) is 5.78. The van der Waals surface area contributed by atoms with Gasteiger partial charge < -0.3 is 14.4 Å². The van der Waals surface area contributed by atoms with E-state index in [-0.39, 0.29) is 34.2 Å². The van der Waals surface area contributed by atoms with Crippen molar-refractivity contribution in [1.82, 2.24) is 19.6 Å². The third-order valence-corrected chi connectivity index (χ3v) is 9.48. The molecule has 11 heteroatoms. The number of hydrogen-bond donors (Lipinski definition) is 0. The predicted molar refractivity (Wildman–Crippen MR) is 135 cm³/mol. The molecule has 2 unspecified atom stereocenters. The summed E-state index contributed by atoms with van der Waals surface area (Å²) in [6.07, 6.45) is 0.800. The van der Waals surface area contributed by atoms with Crippen LogP contribution in [0.2, 0.25) is 0 Å². The number of morpholine rings is 2. The molecule has 0 spiro atoms. The first-order valence-corrected chi connectivity index (χ1v) is 14.5. The van der Waals surface area contributed by atoms with Gasteiger partial charge in [0.2, 0.25) is 0 Å². The molecule has 198 valence electrons. The number of halogens is 1. The van der Waals surface area contributed by atoms with Crippen molar-refractivity contribution in [3.63, 3.8) is 0 Å². The smallest absolute Gasteiger partial charge is 0.275 e. The van der Waals surface area contributed by atoms with E-state index in [4.69, 9.17) is 14.6 Å². The Hall–Kier alpha value is -3.12. The molecule has 2 atom stereocenters. The molecule has 7 rings (SSSR count). The summed E-state index contributed by atoms with van der Waals surface area (Å²) in [5.74, 6) is -1.59.